The molecule has 2 amide bonds. The van der Waals surface area contributed by atoms with Gasteiger partial charge in [-0.3, -0.25) is 14.4 Å². The second kappa shape index (κ2) is 10.7. The summed E-state index contributed by atoms with van der Waals surface area (Å²) in [6, 6.07) is 9.93. The van der Waals surface area contributed by atoms with Crippen LogP contribution in [0.15, 0.2) is 36.4 Å². The van der Waals surface area contributed by atoms with Crippen molar-refractivity contribution in [2.45, 2.75) is 6.92 Å². The van der Waals surface area contributed by atoms with E-state index < -0.39 is 30.9 Å². The zero-order chi connectivity index (χ0) is 22.1. The molecule has 0 radical (unpaired) electrons. The number of anilines is 1. The average Bonchev–Trinajstić information content (AvgIpc) is 2.75. The van der Waals surface area contributed by atoms with Gasteiger partial charge in [-0.05, 0) is 36.8 Å². The van der Waals surface area contributed by atoms with Crippen molar-refractivity contribution in [2.24, 2.45) is 0 Å². The van der Waals surface area contributed by atoms with Gasteiger partial charge in [0.05, 0.1) is 27.0 Å². The molecule has 9 heteroatoms. The first-order valence-electron chi connectivity index (χ1n) is 8.97. The van der Waals surface area contributed by atoms with Crippen LogP contribution in [0.1, 0.15) is 15.9 Å². The topological polar surface area (TPSA) is 112 Å². The summed E-state index contributed by atoms with van der Waals surface area (Å²) in [5.41, 5.74) is 1.65. The van der Waals surface area contributed by atoms with Crippen molar-refractivity contribution in [3.8, 4) is 17.2 Å². The predicted molar refractivity (Wildman–Crippen MR) is 109 cm³/mol. The van der Waals surface area contributed by atoms with Gasteiger partial charge in [-0.25, -0.2) is 0 Å². The second-order valence-corrected chi connectivity index (χ2v) is 6.20. The fourth-order valence-corrected chi connectivity index (χ4v) is 2.50. The monoisotopic (exact) mass is 416 g/mol. The lowest BCUT2D eigenvalue weighted by molar-refractivity contribution is -0.146. The van der Waals surface area contributed by atoms with Crippen molar-refractivity contribution in [1.29, 1.82) is 0 Å². The van der Waals surface area contributed by atoms with Crippen LogP contribution in [-0.4, -0.2) is 52.3 Å². The Hall–Kier alpha value is -3.75. The summed E-state index contributed by atoms with van der Waals surface area (Å²) in [5.74, 6) is -0.448. The molecule has 160 valence electrons. The Balaban J connectivity index is 1.84. The van der Waals surface area contributed by atoms with Gasteiger partial charge in [-0.1, -0.05) is 6.07 Å². The van der Waals surface area contributed by atoms with Crippen LogP contribution < -0.4 is 24.8 Å². The van der Waals surface area contributed by atoms with E-state index >= 15 is 0 Å². The number of carbonyl (C=O) groups is 3. The molecule has 0 aliphatic heterocycles. The Bertz CT molecular complexity index is 905. The molecule has 0 unspecified atom stereocenters. The molecular formula is C21H24N2O7. The minimum atomic E-state index is -0.760. The van der Waals surface area contributed by atoms with Crippen molar-refractivity contribution in [3.63, 3.8) is 0 Å². The van der Waals surface area contributed by atoms with E-state index in [1.165, 1.54) is 33.5 Å². The zero-order valence-electron chi connectivity index (χ0n) is 17.2. The van der Waals surface area contributed by atoms with E-state index in [1.54, 1.807) is 18.2 Å². The van der Waals surface area contributed by atoms with Gasteiger partial charge >= 0.3 is 5.97 Å². The highest BCUT2D eigenvalue weighted by atomic mass is 16.5. The summed E-state index contributed by atoms with van der Waals surface area (Å²) >= 11 is 0. The molecule has 0 atom stereocenters. The third-order valence-corrected chi connectivity index (χ3v) is 4.00. The number of nitrogens with one attached hydrogen (secondary N) is 2. The number of esters is 1. The highest BCUT2D eigenvalue weighted by Crippen LogP contribution is 2.25. The number of aryl methyl sites for hydroxylation is 1. The standard InChI is InChI=1S/C21H24N2O7/c1-13-5-6-18(29-4)17(7-13)23-19(24)12-30-20(25)11-22-21(26)14-8-15(27-2)10-16(9-14)28-3/h5-10H,11-12H2,1-4H3,(H,22,26)(H,23,24). The third-order valence-electron chi connectivity index (χ3n) is 4.00. The lowest BCUT2D eigenvalue weighted by Crippen LogP contribution is -2.32. The molecular weight excluding hydrogens is 392 g/mol. The van der Waals surface area contributed by atoms with Crippen molar-refractivity contribution in [3.05, 3.63) is 47.5 Å². The van der Waals surface area contributed by atoms with E-state index in [0.29, 0.717) is 22.9 Å². The molecule has 2 rings (SSSR count). The molecule has 0 saturated carbocycles. The molecule has 0 saturated heterocycles. The Morgan fingerprint density at radius 1 is 0.900 bits per heavy atom. The quantitative estimate of drug-likeness (QED) is 0.601. The number of hydrogen-bond donors (Lipinski definition) is 2. The van der Waals surface area contributed by atoms with Gasteiger partial charge in [0.15, 0.2) is 6.61 Å². The van der Waals surface area contributed by atoms with Gasteiger partial charge in [0.2, 0.25) is 0 Å². The van der Waals surface area contributed by atoms with Gasteiger partial charge in [-0.2, -0.15) is 0 Å². The number of hydrogen-bond acceptors (Lipinski definition) is 7. The Labute approximate surface area is 174 Å². The van der Waals surface area contributed by atoms with Crippen LogP contribution in [0.2, 0.25) is 0 Å². The zero-order valence-corrected chi connectivity index (χ0v) is 17.2. The van der Waals surface area contributed by atoms with Gasteiger partial charge in [0.1, 0.15) is 23.8 Å². The fraction of sp³-hybridized carbons (Fsp3) is 0.286. The summed E-state index contributed by atoms with van der Waals surface area (Å²) in [7, 11) is 4.41. The largest absolute Gasteiger partial charge is 0.497 e. The number of methoxy groups -OCH3 is 3. The van der Waals surface area contributed by atoms with Crippen LogP contribution in [0, 0.1) is 6.92 Å². The summed E-state index contributed by atoms with van der Waals surface area (Å²) in [5, 5.41) is 5.04. The summed E-state index contributed by atoms with van der Waals surface area (Å²) < 4.78 is 20.3. The number of amides is 2. The molecule has 9 nitrogen and oxygen atoms in total. The van der Waals surface area contributed by atoms with Crippen LogP contribution in [0.25, 0.3) is 0 Å². The van der Waals surface area contributed by atoms with Crippen molar-refractivity contribution < 1.29 is 33.3 Å². The van der Waals surface area contributed by atoms with Crippen LogP contribution in [0.5, 0.6) is 17.2 Å². The third kappa shape index (κ3) is 6.40. The molecule has 0 fully saturated rings. The molecule has 0 aliphatic carbocycles. The van der Waals surface area contributed by atoms with Crippen LogP contribution in [0.4, 0.5) is 5.69 Å². The predicted octanol–water partition coefficient (Wildman–Crippen LogP) is 1.93. The second-order valence-electron chi connectivity index (χ2n) is 6.20. The Morgan fingerprint density at radius 3 is 2.17 bits per heavy atom. The van der Waals surface area contributed by atoms with E-state index in [9.17, 15) is 14.4 Å². The van der Waals surface area contributed by atoms with Crippen LogP contribution >= 0.6 is 0 Å². The van der Waals surface area contributed by atoms with E-state index in [0.717, 1.165) is 5.56 Å². The number of rotatable bonds is 9. The van der Waals surface area contributed by atoms with E-state index in [1.807, 2.05) is 13.0 Å². The summed E-state index contributed by atoms with van der Waals surface area (Å²) in [6.45, 7) is 0.966. The minimum absolute atomic E-state index is 0.253. The normalized spacial score (nSPS) is 10.0. The molecule has 2 aromatic carbocycles. The fourth-order valence-electron chi connectivity index (χ4n) is 2.50. The van der Waals surface area contributed by atoms with Gasteiger partial charge in [-0.15, -0.1) is 0 Å². The van der Waals surface area contributed by atoms with Gasteiger partial charge < -0.3 is 29.6 Å². The number of benzene rings is 2. The van der Waals surface area contributed by atoms with Crippen LogP contribution in [-0.2, 0) is 14.3 Å². The average molecular weight is 416 g/mol. The maximum absolute atomic E-state index is 12.2. The molecule has 0 aromatic heterocycles. The molecule has 30 heavy (non-hydrogen) atoms. The molecule has 0 spiro atoms. The Kier molecular flexibility index (Phi) is 8.04. The van der Waals surface area contributed by atoms with Crippen molar-refractivity contribution >= 4 is 23.5 Å². The van der Waals surface area contributed by atoms with E-state index in [-0.39, 0.29) is 5.56 Å². The SMILES string of the molecule is COc1cc(OC)cc(C(=O)NCC(=O)OCC(=O)Nc2cc(C)ccc2OC)c1. The molecule has 2 aromatic rings. The number of ether oxygens (including phenoxy) is 4. The maximum Gasteiger partial charge on any atom is 0.325 e. The minimum Gasteiger partial charge on any atom is -0.497 e. The first kappa shape index (κ1) is 22.5. The first-order valence-corrected chi connectivity index (χ1v) is 8.97. The van der Waals surface area contributed by atoms with Gasteiger partial charge in [0.25, 0.3) is 11.8 Å². The molecule has 0 heterocycles. The molecule has 0 aliphatic rings. The first-order chi connectivity index (χ1) is 14.4. The maximum atomic E-state index is 12.2. The van der Waals surface area contributed by atoms with Crippen molar-refractivity contribution in [2.75, 3.05) is 39.8 Å². The lowest BCUT2D eigenvalue weighted by Gasteiger charge is -2.11. The Morgan fingerprint density at radius 2 is 1.57 bits per heavy atom. The van der Waals surface area contributed by atoms with Gasteiger partial charge in [0, 0.05) is 11.6 Å². The van der Waals surface area contributed by atoms with E-state index in [4.69, 9.17) is 18.9 Å². The highest BCUT2D eigenvalue weighted by molar-refractivity contribution is 5.97. The van der Waals surface area contributed by atoms with Crippen LogP contribution in [0.3, 0.4) is 0 Å². The molecule has 0 bridgehead atoms. The summed E-state index contributed by atoms with van der Waals surface area (Å²) in [6.07, 6.45) is 0. The number of carbonyl (C=O) groups excluding carboxylic acids is 3. The molecule has 2 N–H and O–H groups in total. The lowest BCUT2D eigenvalue weighted by atomic mass is 10.2. The highest BCUT2D eigenvalue weighted by Gasteiger charge is 2.14. The smallest absolute Gasteiger partial charge is 0.325 e. The summed E-state index contributed by atoms with van der Waals surface area (Å²) in [4.78, 5) is 36.2. The van der Waals surface area contributed by atoms with Crippen molar-refractivity contribution in [1.82, 2.24) is 5.32 Å². The van der Waals surface area contributed by atoms with E-state index in [2.05, 4.69) is 10.6 Å².